The van der Waals surface area contributed by atoms with E-state index in [4.69, 9.17) is 4.74 Å². The molecule has 1 saturated heterocycles. The van der Waals surface area contributed by atoms with Gasteiger partial charge in [-0.2, -0.15) is 0 Å². The van der Waals surface area contributed by atoms with E-state index in [1.54, 1.807) is 18.3 Å². The summed E-state index contributed by atoms with van der Waals surface area (Å²) in [6, 6.07) is 10.6. The van der Waals surface area contributed by atoms with Gasteiger partial charge >= 0.3 is 6.03 Å². The van der Waals surface area contributed by atoms with Crippen molar-refractivity contribution in [3.05, 3.63) is 89.4 Å². The van der Waals surface area contributed by atoms with Crippen molar-refractivity contribution in [2.24, 2.45) is 0 Å². The van der Waals surface area contributed by atoms with Crippen molar-refractivity contribution in [3.63, 3.8) is 0 Å². The monoisotopic (exact) mass is 507 g/mol. The maximum atomic E-state index is 15.2. The van der Waals surface area contributed by atoms with Crippen molar-refractivity contribution in [1.82, 2.24) is 9.97 Å². The molecule has 0 atom stereocenters. The van der Waals surface area contributed by atoms with Crippen LogP contribution < -0.4 is 15.5 Å². The van der Waals surface area contributed by atoms with E-state index in [-0.39, 0.29) is 22.5 Å². The maximum absolute atomic E-state index is 15.2. The summed E-state index contributed by atoms with van der Waals surface area (Å²) in [5.74, 6) is -3.11. The summed E-state index contributed by atoms with van der Waals surface area (Å²) in [5.41, 5.74) is 0.707. The number of ether oxygens (including phenoxy) is 1. The predicted octanol–water partition coefficient (Wildman–Crippen LogP) is 4.76. The van der Waals surface area contributed by atoms with Crippen LogP contribution in [0.2, 0.25) is 0 Å². The van der Waals surface area contributed by atoms with Crippen LogP contribution in [0.15, 0.2) is 60.8 Å². The van der Waals surface area contributed by atoms with Crippen molar-refractivity contribution in [2.75, 3.05) is 41.8 Å². The number of benzene rings is 3. The number of carbonyl (C=O) groups excluding carboxylic acids is 2. The number of nitrogens with zero attached hydrogens (tertiary/aromatic N) is 3. The van der Waals surface area contributed by atoms with Gasteiger partial charge in [0.2, 0.25) is 0 Å². The lowest BCUT2D eigenvalue weighted by Gasteiger charge is -2.27. The van der Waals surface area contributed by atoms with Crippen molar-refractivity contribution in [2.45, 2.75) is 0 Å². The summed E-state index contributed by atoms with van der Waals surface area (Å²) < 4.78 is 47.1. The van der Waals surface area contributed by atoms with Gasteiger partial charge in [-0.25, -0.2) is 22.9 Å². The van der Waals surface area contributed by atoms with Crippen molar-refractivity contribution in [3.8, 4) is 0 Å². The Morgan fingerprint density at radius 3 is 2.49 bits per heavy atom. The van der Waals surface area contributed by atoms with Crippen LogP contribution in [0.3, 0.4) is 0 Å². The van der Waals surface area contributed by atoms with Gasteiger partial charge in [-0.15, -0.1) is 0 Å². The standard InChI is InChI=1S/C26H20F3N5O3/c27-18-6-5-16(13-19(18)28)31-26(36)33-21-3-1-2-17(24(21)29)25(35)15-4-7-20-22(12-15)32-23(14-30-20)34-8-10-37-11-9-34/h1-7,12-14H,8-11H2,(H2,31,33,36). The molecule has 11 heteroatoms. The fourth-order valence-corrected chi connectivity index (χ4v) is 3.91. The first kappa shape index (κ1) is 24.2. The zero-order valence-corrected chi connectivity index (χ0v) is 19.3. The number of hydrogen-bond donors (Lipinski definition) is 2. The number of morpholine rings is 1. The molecule has 4 aromatic rings. The van der Waals surface area contributed by atoms with Crippen LogP contribution in [0.5, 0.6) is 0 Å². The molecule has 1 aromatic heterocycles. The van der Waals surface area contributed by atoms with E-state index >= 15 is 4.39 Å². The Kier molecular flexibility index (Phi) is 6.69. The number of carbonyl (C=O) groups is 2. The molecule has 188 valence electrons. The Morgan fingerprint density at radius 2 is 1.70 bits per heavy atom. The summed E-state index contributed by atoms with van der Waals surface area (Å²) in [7, 11) is 0. The van der Waals surface area contributed by atoms with Crippen molar-refractivity contribution >= 4 is 40.0 Å². The Labute approximate surface area is 209 Å². The molecule has 2 heterocycles. The molecule has 5 rings (SSSR count). The number of rotatable bonds is 5. The molecular formula is C26H20F3N5O3. The summed E-state index contributed by atoms with van der Waals surface area (Å²) in [4.78, 5) is 36.5. The third kappa shape index (κ3) is 5.21. The van der Waals surface area contributed by atoms with E-state index in [2.05, 4.69) is 20.6 Å². The van der Waals surface area contributed by atoms with Gasteiger partial charge in [0.25, 0.3) is 0 Å². The summed E-state index contributed by atoms with van der Waals surface area (Å²) in [6.45, 7) is 2.52. The molecule has 1 fully saturated rings. The molecule has 0 bridgehead atoms. The van der Waals surface area contributed by atoms with E-state index in [0.29, 0.717) is 43.2 Å². The van der Waals surface area contributed by atoms with Gasteiger partial charge < -0.3 is 20.3 Å². The molecule has 37 heavy (non-hydrogen) atoms. The second kappa shape index (κ2) is 10.2. The van der Waals surface area contributed by atoms with Crippen LogP contribution in [0.1, 0.15) is 15.9 Å². The lowest BCUT2D eigenvalue weighted by molar-refractivity contribution is 0.103. The highest BCUT2D eigenvalue weighted by Crippen LogP contribution is 2.24. The van der Waals surface area contributed by atoms with Crippen LogP contribution in [-0.2, 0) is 4.74 Å². The smallest absolute Gasteiger partial charge is 0.323 e. The largest absolute Gasteiger partial charge is 0.378 e. The Hall–Kier alpha value is -4.51. The number of hydrogen-bond acceptors (Lipinski definition) is 6. The van der Waals surface area contributed by atoms with Gasteiger partial charge in [-0.05, 0) is 42.5 Å². The SMILES string of the molecule is O=C(Nc1ccc(F)c(F)c1)Nc1cccc(C(=O)c2ccc3ncc(N4CCOCC4)nc3c2)c1F. The molecular weight excluding hydrogens is 487 g/mol. The normalized spacial score (nSPS) is 13.4. The first-order chi connectivity index (χ1) is 17.9. The lowest BCUT2D eigenvalue weighted by atomic mass is 10.0. The minimum Gasteiger partial charge on any atom is -0.378 e. The number of nitrogens with one attached hydrogen (secondary N) is 2. The molecule has 0 aliphatic carbocycles. The Bertz CT molecular complexity index is 1510. The fourth-order valence-electron chi connectivity index (χ4n) is 3.91. The maximum Gasteiger partial charge on any atom is 0.323 e. The van der Waals surface area contributed by atoms with Gasteiger partial charge in [-0.3, -0.25) is 9.78 Å². The van der Waals surface area contributed by atoms with Gasteiger partial charge in [0.05, 0.1) is 41.7 Å². The first-order valence-corrected chi connectivity index (χ1v) is 11.3. The van der Waals surface area contributed by atoms with E-state index in [9.17, 15) is 18.4 Å². The van der Waals surface area contributed by atoms with Crippen molar-refractivity contribution < 1.29 is 27.5 Å². The Balaban J connectivity index is 1.36. The van der Waals surface area contributed by atoms with Gasteiger partial charge in [-0.1, -0.05) is 6.07 Å². The molecule has 0 radical (unpaired) electrons. The van der Waals surface area contributed by atoms with E-state index in [1.807, 2.05) is 4.90 Å². The quantitative estimate of drug-likeness (QED) is 0.378. The predicted molar refractivity (Wildman–Crippen MR) is 131 cm³/mol. The second-order valence-electron chi connectivity index (χ2n) is 8.24. The number of anilines is 3. The number of ketones is 1. The summed E-state index contributed by atoms with van der Waals surface area (Å²) in [5, 5.41) is 4.56. The third-order valence-electron chi connectivity index (χ3n) is 5.80. The third-order valence-corrected chi connectivity index (χ3v) is 5.80. The molecule has 3 aromatic carbocycles. The summed E-state index contributed by atoms with van der Waals surface area (Å²) in [6.07, 6.45) is 1.66. The zero-order chi connectivity index (χ0) is 25.9. The minimum atomic E-state index is -1.14. The Morgan fingerprint density at radius 1 is 0.892 bits per heavy atom. The second-order valence-corrected chi connectivity index (χ2v) is 8.24. The van der Waals surface area contributed by atoms with E-state index in [0.717, 1.165) is 18.2 Å². The average molecular weight is 507 g/mol. The molecule has 2 N–H and O–H groups in total. The highest BCUT2D eigenvalue weighted by Gasteiger charge is 2.20. The molecule has 1 aliphatic rings. The summed E-state index contributed by atoms with van der Waals surface area (Å²) >= 11 is 0. The highest BCUT2D eigenvalue weighted by atomic mass is 19.2. The van der Waals surface area contributed by atoms with E-state index < -0.39 is 29.3 Å². The number of aromatic nitrogens is 2. The fraction of sp³-hybridized carbons (Fsp3) is 0.154. The van der Waals surface area contributed by atoms with Crippen LogP contribution >= 0.6 is 0 Å². The number of halogens is 3. The molecule has 0 unspecified atom stereocenters. The lowest BCUT2D eigenvalue weighted by Crippen LogP contribution is -2.36. The van der Waals surface area contributed by atoms with Crippen molar-refractivity contribution in [1.29, 1.82) is 0 Å². The van der Waals surface area contributed by atoms with E-state index in [1.165, 1.54) is 24.3 Å². The molecule has 0 saturated carbocycles. The van der Waals surface area contributed by atoms with Crippen LogP contribution in [0.25, 0.3) is 11.0 Å². The minimum absolute atomic E-state index is 0.0299. The molecule has 8 nitrogen and oxygen atoms in total. The number of fused-ring (bicyclic) bond motifs is 1. The number of amides is 2. The van der Waals surface area contributed by atoms with Gasteiger partial charge in [0, 0.05) is 30.4 Å². The average Bonchev–Trinajstić information content (AvgIpc) is 2.91. The first-order valence-electron chi connectivity index (χ1n) is 11.3. The zero-order valence-electron chi connectivity index (χ0n) is 19.3. The molecule has 1 aliphatic heterocycles. The van der Waals surface area contributed by atoms with Crippen LogP contribution in [0, 0.1) is 17.5 Å². The van der Waals surface area contributed by atoms with Gasteiger partial charge in [0.1, 0.15) is 5.82 Å². The van der Waals surface area contributed by atoms with Gasteiger partial charge in [0.15, 0.2) is 23.2 Å². The number of urea groups is 1. The molecule has 0 spiro atoms. The topological polar surface area (TPSA) is 96.5 Å². The molecule has 2 amide bonds. The van der Waals surface area contributed by atoms with Crippen LogP contribution in [-0.4, -0.2) is 48.1 Å². The van der Waals surface area contributed by atoms with Crippen LogP contribution in [0.4, 0.5) is 35.2 Å². The highest BCUT2D eigenvalue weighted by molar-refractivity contribution is 6.11.